The maximum absolute atomic E-state index is 12.3. The number of nitrogens with one attached hydrogen (secondary N) is 2. The van der Waals surface area contributed by atoms with Gasteiger partial charge >= 0.3 is 12.0 Å². The highest BCUT2D eigenvalue weighted by molar-refractivity contribution is 7.99. The Kier molecular flexibility index (Phi) is 6.19. The van der Waals surface area contributed by atoms with Crippen LogP contribution < -0.4 is 10.6 Å². The Bertz CT molecular complexity index is 487. The summed E-state index contributed by atoms with van der Waals surface area (Å²) in [5.74, 6) is -4.05. The van der Waals surface area contributed by atoms with E-state index in [-0.39, 0.29) is 22.3 Å². The number of carbonyl (C=O) groups is 2. The molecule has 1 aromatic carbocycles. The monoisotopic (exact) mass is 306 g/mol. The summed E-state index contributed by atoms with van der Waals surface area (Å²) in [4.78, 5) is 22.3. The molecule has 0 spiro atoms. The molecule has 9 heteroatoms. The van der Waals surface area contributed by atoms with Crippen molar-refractivity contribution >= 4 is 29.4 Å². The molecule has 2 amide bonds. The van der Waals surface area contributed by atoms with Crippen LogP contribution in [0.5, 0.6) is 0 Å². The molecular weight excluding hydrogens is 294 g/mol. The fourth-order valence-corrected chi connectivity index (χ4v) is 1.87. The van der Waals surface area contributed by atoms with Gasteiger partial charge in [-0.2, -0.15) is 8.78 Å². The number of carboxylic acid groups (broad SMARTS) is 1. The lowest BCUT2D eigenvalue weighted by Gasteiger charge is -2.14. The molecule has 0 aliphatic heterocycles. The maximum Gasteiger partial charge on any atom is 0.328 e. The van der Waals surface area contributed by atoms with Gasteiger partial charge in [-0.05, 0) is 12.1 Å². The normalized spacial score (nSPS) is 12.0. The summed E-state index contributed by atoms with van der Waals surface area (Å²) in [5, 5.41) is 21.7. The molecule has 1 atom stereocenters. The number of amides is 2. The zero-order valence-electron chi connectivity index (χ0n) is 10.0. The summed E-state index contributed by atoms with van der Waals surface area (Å²) >= 11 is 0.256. The van der Waals surface area contributed by atoms with Crippen molar-refractivity contribution in [2.45, 2.75) is 16.7 Å². The second kappa shape index (κ2) is 7.65. The lowest BCUT2D eigenvalue weighted by molar-refractivity contribution is -0.140. The number of hydrogen-bond donors (Lipinski definition) is 4. The number of anilines is 1. The van der Waals surface area contributed by atoms with Crippen molar-refractivity contribution in [1.29, 1.82) is 0 Å². The van der Waals surface area contributed by atoms with E-state index >= 15 is 0 Å². The first-order valence-electron chi connectivity index (χ1n) is 5.39. The lowest BCUT2D eigenvalue weighted by atomic mass is 10.3. The predicted molar refractivity (Wildman–Crippen MR) is 69.0 cm³/mol. The molecule has 0 saturated heterocycles. The molecule has 20 heavy (non-hydrogen) atoms. The van der Waals surface area contributed by atoms with Crippen molar-refractivity contribution < 1.29 is 28.6 Å². The van der Waals surface area contributed by atoms with E-state index < -0.39 is 30.4 Å². The Balaban J connectivity index is 2.73. The molecule has 6 nitrogen and oxygen atoms in total. The summed E-state index contributed by atoms with van der Waals surface area (Å²) in [6, 6.07) is 3.48. The quantitative estimate of drug-likeness (QED) is 0.598. The number of alkyl halides is 2. The Hall–Kier alpha value is -1.87. The topological polar surface area (TPSA) is 98.7 Å². The minimum atomic E-state index is -2.65. The van der Waals surface area contributed by atoms with Crippen molar-refractivity contribution in [2.24, 2.45) is 0 Å². The average Bonchev–Trinajstić information content (AvgIpc) is 2.37. The summed E-state index contributed by atoms with van der Waals surface area (Å²) < 4.78 is 24.7. The average molecular weight is 306 g/mol. The zero-order chi connectivity index (χ0) is 15.1. The molecule has 0 heterocycles. The first-order valence-corrected chi connectivity index (χ1v) is 6.27. The third-order valence-corrected chi connectivity index (χ3v) is 2.93. The SMILES string of the molecule is O=C(Nc1ccccc1SC(F)F)NC(CO)C(=O)O. The van der Waals surface area contributed by atoms with E-state index in [0.717, 1.165) is 0 Å². The van der Waals surface area contributed by atoms with Gasteiger partial charge in [0.15, 0.2) is 6.04 Å². The summed E-state index contributed by atoms with van der Waals surface area (Å²) in [6.45, 7) is -0.782. The van der Waals surface area contributed by atoms with E-state index in [1.165, 1.54) is 24.3 Å². The van der Waals surface area contributed by atoms with Gasteiger partial charge in [-0.3, -0.25) is 0 Å². The number of aliphatic carboxylic acids is 1. The number of aliphatic hydroxyl groups excluding tert-OH is 1. The first kappa shape index (κ1) is 16.2. The van der Waals surface area contributed by atoms with Crippen molar-refractivity contribution in [1.82, 2.24) is 5.32 Å². The molecular formula is C11H12F2N2O4S. The van der Waals surface area contributed by atoms with Gasteiger partial charge in [-0.1, -0.05) is 23.9 Å². The molecule has 0 aliphatic carbocycles. The number of thioether (sulfide) groups is 1. The van der Waals surface area contributed by atoms with Gasteiger partial charge in [0, 0.05) is 4.90 Å². The largest absolute Gasteiger partial charge is 0.480 e. The standard InChI is InChI=1S/C11H12F2N2O4S/c12-10(13)20-8-4-2-1-3-6(8)14-11(19)15-7(5-16)9(17)18/h1-4,7,10,16H,5H2,(H,17,18)(H2,14,15,19). The number of para-hydroxylation sites is 1. The highest BCUT2D eigenvalue weighted by atomic mass is 32.2. The zero-order valence-corrected chi connectivity index (χ0v) is 10.9. The second-order valence-corrected chi connectivity index (χ2v) is 4.58. The van der Waals surface area contributed by atoms with Crippen LogP contribution in [-0.4, -0.2) is 40.6 Å². The summed E-state index contributed by atoms with van der Waals surface area (Å²) in [5.41, 5.74) is 0.123. The van der Waals surface area contributed by atoms with Crippen LogP contribution in [0.1, 0.15) is 0 Å². The Morgan fingerprint density at radius 2 is 1.95 bits per heavy atom. The molecule has 0 saturated carbocycles. The minimum absolute atomic E-state index is 0.123. The van der Waals surface area contributed by atoms with Crippen LogP contribution in [0.4, 0.5) is 19.3 Å². The van der Waals surface area contributed by atoms with Crippen LogP contribution in [0.3, 0.4) is 0 Å². The van der Waals surface area contributed by atoms with Gasteiger partial charge in [-0.15, -0.1) is 0 Å². The highest BCUT2D eigenvalue weighted by Crippen LogP contribution is 2.31. The van der Waals surface area contributed by atoms with Crippen molar-refractivity contribution in [2.75, 3.05) is 11.9 Å². The van der Waals surface area contributed by atoms with Crippen LogP contribution in [0, 0.1) is 0 Å². The number of halogens is 2. The van der Waals surface area contributed by atoms with E-state index in [1.54, 1.807) is 0 Å². The molecule has 0 aromatic heterocycles. The van der Waals surface area contributed by atoms with E-state index in [2.05, 4.69) is 5.32 Å². The molecule has 0 bridgehead atoms. The number of urea groups is 1. The van der Waals surface area contributed by atoms with Gasteiger partial charge in [0.1, 0.15) is 0 Å². The van der Waals surface area contributed by atoms with Gasteiger partial charge in [0.2, 0.25) is 0 Å². The van der Waals surface area contributed by atoms with E-state index in [0.29, 0.717) is 0 Å². The molecule has 4 N–H and O–H groups in total. The van der Waals surface area contributed by atoms with Crippen LogP contribution >= 0.6 is 11.8 Å². The summed E-state index contributed by atoms with van der Waals surface area (Å²) in [7, 11) is 0. The van der Waals surface area contributed by atoms with Crippen LogP contribution in [0.2, 0.25) is 0 Å². The van der Waals surface area contributed by atoms with Gasteiger partial charge in [0.05, 0.1) is 12.3 Å². The van der Waals surface area contributed by atoms with Crippen LogP contribution in [-0.2, 0) is 4.79 Å². The number of carbonyl (C=O) groups excluding carboxylic acids is 1. The Morgan fingerprint density at radius 1 is 1.30 bits per heavy atom. The Labute approximate surface area is 117 Å². The van der Waals surface area contributed by atoms with E-state index in [9.17, 15) is 18.4 Å². The lowest BCUT2D eigenvalue weighted by Crippen LogP contribution is -2.45. The molecule has 0 aliphatic rings. The minimum Gasteiger partial charge on any atom is -0.480 e. The molecule has 0 radical (unpaired) electrons. The van der Waals surface area contributed by atoms with Crippen molar-refractivity contribution in [3.8, 4) is 0 Å². The molecule has 1 aromatic rings. The van der Waals surface area contributed by atoms with Gasteiger partial charge < -0.3 is 20.8 Å². The number of benzene rings is 1. The van der Waals surface area contributed by atoms with E-state index in [1.807, 2.05) is 5.32 Å². The molecule has 1 unspecified atom stereocenters. The third-order valence-electron chi connectivity index (χ3n) is 2.14. The van der Waals surface area contributed by atoms with E-state index in [4.69, 9.17) is 10.2 Å². The number of aliphatic hydroxyl groups is 1. The second-order valence-electron chi connectivity index (χ2n) is 3.55. The number of rotatable bonds is 6. The van der Waals surface area contributed by atoms with Crippen LogP contribution in [0.15, 0.2) is 29.2 Å². The Morgan fingerprint density at radius 3 is 2.50 bits per heavy atom. The van der Waals surface area contributed by atoms with Crippen molar-refractivity contribution in [3.05, 3.63) is 24.3 Å². The predicted octanol–water partition coefficient (Wildman–Crippen LogP) is 1.57. The number of carboxylic acids is 1. The fourth-order valence-electron chi connectivity index (χ4n) is 1.27. The number of hydrogen-bond acceptors (Lipinski definition) is 4. The van der Waals surface area contributed by atoms with Crippen molar-refractivity contribution in [3.63, 3.8) is 0 Å². The fraction of sp³-hybridized carbons (Fsp3) is 0.273. The van der Waals surface area contributed by atoms with Gasteiger partial charge in [0.25, 0.3) is 5.76 Å². The highest BCUT2D eigenvalue weighted by Gasteiger charge is 2.19. The first-order chi connectivity index (χ1) is 9.43. The van der Waals surface area contributed by atoms with Crippen LogP contribution in [0.25, 0.3) is 0 Å². The smallest absolute Gasteiger partial charge is 0.328 e. The third kappa shape index (κ3) is 5.02. The van der Waals surface area contributed by atoms with Gasteiger partial charge in [-0.25, -0.2) is 9.59 Å². The molecule has 1 rings (SSSR count). The summed E-state index contributed by atoms with van der Waals surface area (Å²) in [6.07, 6.45) is 0. The molecule has 0 fully saturated rings. The molecule has 110 valence electrons. The maximum atomic E-state index is 12.3.